The molecule has 1 fully saturated rings. The Morgan fingerprint density at radius 3 is 2.41 bits per heavy atom. The number of thiophene rings is 1. The topological polar surface area (TPSA) is 55.1 Å². The molecule has 3 nitrogen and oxygen atoms in total. The first-order chi connectivity index (χ1) is 17.4. The van der Waals surface area contributed by atoms with Crippen molar-refractivity contribution in [2.24, 2.45) is 0 Å². The van der Waals surface area contributed by atoms with Gasteiger partial charge in [0.15, 0.2) is 0 Å². The molecule has 1 heterocycles. The summed E-state index contributed by atoms with van der Waals surface area (Å²) in [7, 11) is 0. The Labute approximate surface area is 247 Å². The number of carbonyl (C=O) groups excluding carboxylic acids is 1. The number of halogens is 1. The third kappa shape index (κ3) is 8.26. The van der Waals surface area contributed by atoms with E-state index in [-0.39, 0.29) is 42.7 Å². The van der Waals surface area contributed by atoms with Crippen molar-refractivity contribution in [2.75, 3.05) is 12.3 Å². The van der Waals surface area contributed by atoms with E-state index in [0.29, 0.717) is 27.3 Å². The second kappa shape index (κ2) is 14.3. The van der Waals surface area contributed by atoms with Crippen molar-refractivity contribution in [3.8, 4) is 0 Å². The number of rotatable bonds is 6. The molecule has 3 aromatic carbocycles. The van der Waals surface area contributed by atoms with Crippen LogP contribution in [0, 0.1) is 62.9 Å². The number of nitrogen functional groups attached to an aromatic ring is 1. The first-order valence-corrected chi connectivity index (χ1v) is 13.4. The number of hydrogen-bond acceptors (Lipinski definition) is 4. The molecule has 5 rings (SSSR count). The van der Waals surface area contributed by atoms with Crippen LogP contribution in [-0.2, 0) is 6.42 Å². The van der Waals surface area contributed by atoms with Crippen LogP contribution in [0.1, 0.15) is 64.0 Å². The van der Waals surface area contributed by atoms with E-state index in [1.54, 1.807) is 19.9 Å². The Morgan fingerprint density at radius 1 is 1.05 bits per heavy atom. The molecule has 0 saturated heterocycles. The number of ketones is 1. The van der Waals surface area contributed by atoms with Crippen LogP contribution < -0.4 is 11.1 Å². The molecule has 4 aromatic rings. The molecule has 6 heteroatoms. The van der Waals surface area contributed by atoms with Gasteiger partial charge in [0.05, 0.1) is 0 Å². The monoisotopic (exact) mass is 738 g/mol. The average Bonchev–Trinajstić information content (AvgIpc) is 3.28. The predicted molar refractivity (Wildman–Crippen MR) is 148 cm³/mol. The van der Waals surface area contributed by atoms with Gasteiger partial charge >= 0.3 is 31.1 Å². The molecular weight excluding hydrogens is 705 g/mol. The summed E-state index contributed by atoms with van der Waals surface area (Å²) in [5.41, 5.74) is 9.65. The fourth-order valence-electron chi connectivity index (χ4n) is 4.79. The number of hydrogen-bond donors (Lipinski definition) is 2. The maximum absolute atomic E-state index is 13.4. The quantitative estimate of drug-likeness (QED) is 0.125. The van der Waals surface area contributed by atoms with Crippen molar-refractivity contribution >= 4 is 32.9 Å². The fraction of sp³-hybridized carbons (Fsp3) is 0.323. The molecule has 1 aromatic heterocycles. The van der Waals surface area contributed by atoms with E-state index in [1.807, 2.05) is 24.3 Å². The molecule has 0 unspecified atom stereocenters. The first kappa shape index (κ1) is 29.6. The number of nitrogens with two attached hydrogens (primary N) is 1. The van der Waals surface area contributed by atoms with Gasteiger partial charge in [-0.2, -0.15) is 35.9 Å². The Kier molecular flexibility index (Phi) is 11.4. The molecule has 0 aliphatic heterocycles. The smallest absolute Gasteiger partial charge is 0.400 e. The van der Waals surface area contributed by atoms with Gasteiger partial charge < -0.3 is 15.8 Å². The van der Waals surface area contributed by atoms with Crippen LogP contribution in [0.4, 0.5) is 10.1 Å². The molecule has 0 atom stereocenters. The van der Waals surface area contributed by atoms with Crippen LogP contribution in [0.5, 0.6) is 0 Å². The van der Waals surface area contributed by atoms with Gasteiger partial charge in [-0.1, -0.05) is 31.4 Å². The zero-order chi connectivity index (χ0) is 25.5. The first-order valence-electron chi connectivity index (χ1n) is 12.6. The third-order valence-corrected chi connectivity index (χ3v) is 7.69. The van der Waals surface area contributed by atoms with Crippen LogP contribution in [-0.4, -0.2) is 18.4 Å². The van der Waals surface area contributed by atoms with Crippen molar-refractivity contribution in [1.82, 2.24) is 5.32 Å². The number of benzene rings is 3. The Balaban J connectivity index is 0.000000211. The second-order valence-electron chi connectivity index (χ2n) is 9.50. The van der Waals surface area contributed by atoms with E-state index < -0.39 is 0 Å². The maximum Gasteiger partial charge on any atom is 2.00 e. The largest absolute Gasteiger partial charge is 2.00 e. The number of nitrogens with one attached hydrogen (secondary N) is 1. The van der Waals surface area contributed by atoms with Gasteiger partial charge in [0.25, 0.3) is 0 Å². The molecular formula is C31H33FN2OSU. The Hall–Kier alpha value is -1.97. The van der Waals surface area contributed by atoms with Crippen molar-refractivity contribution in [3.63, 3.8) is 0 Å². The van der Waals surface area contributed by atoms with Crippen LogP contribution in [0.15, 0.2) is 54.6 Å². The minimum atomic E-state index is -0.324. The second-order valence-corrected chi connectivity index (χ2v) is 10.6. The number of fused-ring (bicyclic) bond motifs is 1. The van der Waals surface area contributed by atoms with Gasteiger partial charge in [-0.3, -0.25) is 0 Å². The zero-order valence-electron chi connectivity index (χ0n) is 21.5. The summed E-state index contributed by atoms with van der Waals surface area (Å²) < 4.78 is 14.3. The van der Waals surface area contributed by atoms with E-state index >= 15 is 0 Å². The summed E-state index contributed by atoms with van der Waals surface area (Å²) in [5.74, 6) is -0.445. The maximum atomic E-state index is 13.4. The SMILES string of the molecule is Cc1cc(F)cc(C)c1C(=O)c1[c-]c2ccc(N)cc2s1.[U+2].[c-]1ccc(CCNC2CCCCC2)cc1. The Bertz CT molecular complexity index is 1290. The molecule has 0 amide bonds. The molecule has 0 spiro atoms. The summed E-state index contributed by atoms with van der Waals surface area (Å²) in [6.45, 7) is 4.61. The van der Waals surface area contributed by atoms with Gasteiger partial charge in [-0.15, -0.1) is 17.5 Å². The van der Waals surface area contributed by atoms with Gasteiger partial charge in [-0.25, -0.2) is 15.7 Å². The van der Waals surface area contributed by atoms with Crippen molar-refractivity contribution < 1.29 is 40.3 Å². The van der Waals surface area contributed by atoms with Crippen LogP contribution >= 0.6 is 11.3 Å². The number of carbonyl (C=O) groups is 1. The van der Waals surface area contributed by atoms with Crippen molar-refractivity contribution in [2.45, 2.75) is 58.4 Å². The molecule has 190 valence electrons. The third-order valence-electron chi connectivity index (χ3n) is 6.64. The van der Waals surface area contributed by atoms with Crippen LogP contribution in [0.25, 0.3) is 10.1 Å². The van der Waals surface area contributed by atoms with Crippen LogP contribution in [0.3, 0.4) is 0 Å². The summed E-state index contributed by atoms with van der Waals surface area (Å²) in [6.07, 6.45) is 8.17. The van der Waals surface area contributed by atoms with Crippen LogP contribution in [0.2, 0.25) is 0 Å². The molecule has 1 aliphatic carbocycles. The van der Waals surface area contributed by atoms with Crippen molar-refractivity contribution in [3.05, 3.63) is 99.7 Å². The number of anilines is 1. The summed E-state index contributed by atoms with van der Waals surface area (Å²) in [5, 5.41) is 4.53. The van der Waals surface area contributed by atoms with E-state index in [1.165, 1.54) is 61.1 Å². The predicted octanol–water partition coefficient (Wildman–Crippen LogP) is 7.22. The minimum absolute atomic E-state index is 0. The van der Waals surface area contributed by atoms with Gasteiger partial charge in [0, 0.05) is 11.7 Å². The van der Waals surface area contributed by atoms with E-state index in [2.05, 4.69) is 29.6 Å². The molecule has 37 heavy (non-hydrogen) atoms. The molecule has 1 saturated carbocycles. The molecule has 0 bridgehead atoms. The van der Waals surface area contributed by atoms with Gasteiger partial charge in [0.2, 0.25) is 0 Å². The normalized spacial score (nSPS) is 13.5. The van der Waals surface area contributed by atoms with E-state index in [9.17, 15) is 9.18 Å². The van der Waals surface area contributed by atoms with Crippen molar-refractivity contribution in [1.29, 1.82) is 0 Å². The van der Waals surface area contributed by atoms with Gasteiger partial charge in [-0.05, 0) is 78.1 Å². The van der Waals surface area contributed by atoms with Gasteiger partial charge in [0.1, 0.15) is 11.6 Å². The minimum Gasteiger partial charge on any atom is -0.400 e. The molecule has 1 aliphatic rings. The Morgan fingerprint density at radius 2 is 1.73 bits per heavy atom. The molecule has 3 N–H and O–H groups in total. The standard InChI is InChI=1S/C17H13FNOS.C14H20N.U/c1-9-5-12(18)6-10(2)16(9)17(20)15-7-11-3-4-13(19)8-14(11)21-15;1-3-7-13(8-4-1)11-12-15-14-9-5-2-6-10-14;/h3-6,8H,19H2,1-2H3;3-4,7-8,14-15H,2,5-6,9-12H2;/q2*-1;+2. The van der Waals surface area contributed by atoms with E-state index in [0.717, 1.165) is 29.1 Å². The average molecular weight is 739 g/mol. The summed E-state index contributed by atoms with van der Waals surface area (Å²) in [4.78, 5) is 13.2. The fourth-order valence-corrected chi connectivity index (χ4v) is 5.79. The number of aryl methyl sites for hydroxylation is 2. The summed E-state index contributed by atoms with van der Waals surface area (Å²) >= 11 is 1.36. The zero-order valence-corrected chi connectivity index (χ0v) is 26.5. The van der Waals surface area contributed by atoms with E-state index in [4.69, 9.17) is 5.73 Å². The molecule has 0 radical (unpaired) electrons. The summed E-state index contributed by atoms with van der Waals surface area (Å²) in [6, 6.07) is 23.5.